The van der Waals surface area contributed by atoms with Crippen LogP contribution in [0.3, 0.4) is 0 Å². The molecule has 0 unspecified atom stereocenters. The molecule has 1 aromatic rings. The Morgan fingerprint density at radius 2 is 1.06 bits per heavy atom. The molecule has 0 atom stereocenters. The van der Waals surface area contributed by atoms with Crippen LogP contribution in [0.25, 0.3) is 0 Å². The van der Waals surface area contributed by atoms with Crippen molar-refractivity contribution in [2.75, 3.05) is 6.54 Å². The summed E-state index contributed by atoms with van der Waals surface area (Å²) >= 11 is 0. The van der Waals surface area contributed by atoms with Crippen LogP contribution >= 0.6 is 0 Å². The lowest BCUT2D eigenvalue weighted by molar-refractivity contribution is -0.443. The second kappa shape index (κ2) is 9.22. The predicted octanol–water partition coefficient (Wildman–Crippen LogP) is 6.06. The van der Waals surface area contributed by atoms with E-state index in [4.69, 9.17) is 0 Å². The van der Waals surface area contributed by atoms with Crippen molar-refractivity contribution in [3.05, 3.63) is 35.9 Å². The Balaban J connectivity index is 3.32. The van der Waals surface area contributed by atoms with E-state index in [1.807, 2.05) is 0 Å². The second-order valence-electron chi connectivity index (χ2n) is 6.86. The highest BCUT2D eigenvalue weighted by molar-refractivity contribution is 5.84. The van der Waals surface area contributed by atoms with E-state index in [1.165, 1.54) is 30.3 Å². The normalized spacial score (nSPS) is 14.9. The summed E-state index contributed by atoms with van der Waals surface area (Å²) < 4.78 is 212. The number of nitrogens with one attached hydrogen (secondary N) is 1. The fraction of sp³-hybridized carbons (Fsp3) is 0.588. The van der Waals surface area contributed by atoms with Crippen molar-refractivity contribution in [2.24, 2.45) is 0 Å². The quantitative estimate of drug-likeness (QED) is 0.335. The molecule has 0 saturated carbocycles. The first-order valence-electron chi connectivity index (χ1n) is 8.69. The van der Waals surface area contributed by atoms with Gasteiger partial charge in [-0.15, -0.1) is 0 Å². The van der Waals surface area contributed by atoms with Crippen molar-refractivity contribution < 1.29 is 75.0 Å². The minimum atomic E-state index is -8.53. The van der Waals surface area contributed by atoms with Crippen LogP contribution in [0.5, 0.6) is 0 Å². The molecule has 0 saturated heterocycles. The lowest BCUT2D eigenvalue weighted by Crippen LogP contribution is -2.74. The van der Waals surface area contributed by atoms with E-state index in [0.717, 1.165) is 5.32 Å². The van der Waals surface area contributed by atoms with Gasteiger partial charge in [0, 0.05) is 6.54 Å². The average molecular weight is 549 g/mol. The van der Waals surface area contributed by atoms with E-state index in [2.05, 4.69) is 0 Å². The number of amides is 1. The molecule has 1 rings (SSSR count). The number of hydrogen-bond donors (Lipinski definition) is 1. The van der Waals surface area contributed by atoms with Crippen LogP contribution in [0.15, 0.2) is 30.3 Å². The van der Waals surface area contributed by atoms with Gasteiger partial charge in [-0.25, -0.2) is 8.78 Å². The fourth-order valence-electron chi connectivity index (χ4n) is 2.35. The predicted molar refractivity (Wildman–Crippen MR) is 83.8 cm³/mol. The Kier molecular flexibility index (Phi) is 8.06. The van der Waals surface area contributed by atoms with E-state index in [9.17, 15) is 75.0 Å². The van der Waals surface area contributed by atoms with Crippen LogP contribution in [0.1, 0.15) is 5.56 Å². The molecule has 0 aliphatic rings. The molecule has 0 aliphatic carbocycles. The third-order valence-electron chi connectivity index (χ3n) is 4.49. The van der Waals surface area contributed by atoms with Crippen molar-refractivity contribution in [3.8, 4) is 0 Å². The molecule has 2 nitrogen and oxygen atoms in total. The number of carbonyl (C=O) groups excluding carboxylic acids is 1. The maximum atomic E-state index is 13.7. The molecule has 18 heteroatoms. The summed E-state index contributed by atoms with van der Waals surface area (Å²) in [4.78, 5) is 11.3. The zero-order valence-corrected chi connectivity index (χ0v) is 16.3. The van der Waals surface area contributed by atoms with Crippen molar-refractivity contribution >= 4 is 5.91 Å². The molecule has 1 N–H and O–H groups in total. The van der Waals surface area contributed by atoms with Crippen LogP contribution < -0.4 is 5.32 Å². The first kappa shape index (κ1) is 30.6. The number of halogens is 16. The molecule has 0 radical (unpaired) electrons. The van der Waals surface area contributed by atoms with E-state index in [-0.39, 0.29) is 5.56 Å². The van der Waals surface area contributed by atoms with Gasteiger partial charge >= 0.3 is 47.9 Å². The molecule has 202 valence electrons. The molecular weight excluding hydrogens is 538 g/mol. The van der Waals surface area contributed by atoms with Gasteiger partial charge in [-0.05, 0) is 12.0 Å². The van der Waals surface area contributed by atoms with Crippen molar-refractivity contribution in [3.63, 3.8) is 0 Å². The topological polar surface area (TPSA) is 29.1 Å². The van der Waals surface area contributed by atoms with Crippen LogP contribution in [-0.4, -0.2) is 60.3 Å². The summed E-state index contributed by atoms with van der Waals surface area (Å²) in [6, 6.07) is 6.79. The van der Waals surface area contributed by atoms with Crippen molar-refractivity contribution in [1.82, 2.24) is 5.32 Å². The summed E-state index contributed by atoms with van der Waals surface area (Å²) in [6.07, 6.45) is -6.35. The van der Waals surface area contributed by atoms with E-state index in [0.29, 0.717) is 0 Å². The van der Waals surface area contributed by atoms with Crippen LogP contribution in [-0.2, 0) is 11.2 Å². The van der Waals surface area contributed by atoms with E-state index in [1.54, 1.807) is 0 Å². The standard InChI is InChI=1S/C17H11F16NO/c18-9(19)11(20,21)13(24,25)15(28,29)17(32,33)16(30,31)14(26,27)12(22,23)10(35)34-7-6-8-4-2-1-3-5-8/h1-5,9H,6-7H2,(H,34,35). The third-order valence-corrected chi connectivity index (χ3v) is 4.49. The summed E-state index contributed by atoms with van der Waals surface area (Å²) in [5.41, 5.74) is 0.238. The molecule has 0 aromatic heterocycles. The van der Waals surface area contributed by atoms with Gasteiger partial charge in [0.05, 0.1) is 0 Å². The van der Waals surface area contributed by atoms with Crippen molar-refractivity contribution in [1.29, 1.82) is 0 Å². The molecule has 1 aromatic carbocycles. The summed E-state index contributed by atoms with van der Waals surface area (Å²) in [5, 5.41) is 0.907. The molecule has 0 spiro atoms. The number of rotatable bonds is 11. The molecule has 35 heavy (non-hydrogen) atoms. The minimum absolute atomic E-state index is 0.238. The summed E-state index contributed by atoms with van der Waals surface area (Å²) in [5.74, 6) is -59.4. The molecule has 0 bridgehead atoms. The van der Waals surface area contributed by atoms with Gasteiger partial charge in [-0.3, -0.25) is 4.79 Å². The number of carbonyl (C=O) groups is 1. The van der Waals surface area contributed by atoms with Gasteiger partial charge in [0.15, 0.2) is 0 Å². The molecular formula is C17H11F16NO. The zero-order valence-electron chi connectivity index (χ0n) is 16.3. The van der Waals surface area contributed by atoms with E-state index < -0.39 is 66.8 Å². The molecule has 0 aliphatic heterocycles. The van der Waals surface area contributed by atoms with Gasteiger partial charge in [0.25, 0.3) is 5.91 Å². The van der Waals surface area contributed by atoms with E-state index >= 15 is 0 Å². The highest BCUT2D eigenvalue weighted by Gasteiger charge is 2.94. The highest BCUT2D eigenvalue weighted by Crippen LogP contribution is 2.62. The zero-order chi connectivity index (χ0) is 27.9. The average Bonchev–Trinajstić information content (AvgIpc) is 2.73. The van der Waals surface area contributed by atoms with Gasteiger partial charge in [0.1, 0.15) is 0 Å². The van der Waals surface area contributed by atoms with Crippen LogP contribution in [0.4, 0.5) is 70.2 Å². The first-order chi connectivity index (χ1) is 15.4. The Hall–Kier alpha value is -2.43. The molecule has 0 fully saturated rings. The molecule has 0 heterocycles. The van der Waals surface area contributed by atoms with Crippen LogP contribution in [0.2, 0.25) is 0 Å². The summed E-state index contributed by atoms with van der Waals surface area (Å²) in [7, 11) is 0. The Bertz CT molecular complexity index is 883. The summed E-state index contributed by atoms with van der Waals surface area (Å²) in [6.45, 7) is -1.04. The highest BCUT2D eigenvalue weighted by atomic mass is 19.4. The second-order valence-corrected chi connectivity index (χ2v) is 6.86. The smallest absolute Gasteiger partial charge is 0.350 e. The minimum Gasteiger partial charge on any atom is -0.350 e. The maximum absolute atomic E-state index is 13.7. The van der Waals surface area contributed by atoms with Gasteiger partial charge in [-0.2, -0.15) is 61.5 Å². The largest absolute Gasteiger partial charge is 0.392 e. The first-order valence-corrected chi connectivity index (χ1v) is 8.69. The van der Waals surface area contributed by atoms with Gasteiger partial charge < -0.3 is 5.32 Å². The molecule has 1 amide bonds. The van der Waals surface area contributed by atoms with Gasteiger partial charge in [-0.1, -0.05) is 30.3 Å². The van der Waals surface area contributed by atoms with Crippen molar-refractivity contribution in [2.45, 2.75) is 54.3 Å². The maximum Gasteiger partial charge on any atom is 0.392 e. The third kappa shape index (κ3) is 4.59. The Morgan fingerprint density at radius 3 is 1.49 bits per heavy atom. The lowest BCUT2D eigenvalue weighted by Gasteiger charge is -2.42. The Labute approximate surface area is 184 Å². The number of hydrogen-bond acceptors (Lipinski definition) is 1. The monoisotopic (exact) mass is 549 g/mol. The number of alkyl halides is 16. The van der Waals surface area contributed by atoms with Gasteiger partial charge in [0.2, 0.25) is 0 Å². The fourth-order valence-corrected chi connectivity index (χ4v) is 2.35. The lowest BCUT2D eigenvalue weighted by atomic mass is 9.89. The Morgan fingerprint density at radius 1 is 0.657 bits per heavy atom. The SMILES string of the molecule is O=C(NCCc1ccccc1)C(F)(F)C(F)(F)C(F)(F)C(F)(F)C(F)(F)C(F)(F)C(F)(F)C(F)F. The number of benzene rings is 1. The van der Waals surface area contributed by atoms with Crippen LogP contribution in [0, 0.1) is 0 Å².